The number of para-hydroxylation sites is 1. The van der Waals surface area contributed by atoms with Gasteiger partial charge in [-0.05, 0) is 24.3 Å². The van der Waals surface area contributed by atoms with Crippen LogP contribution in [-0.2, 0) is 10.2 Å². The minimum atomic E-state index is -4.15. The summed E-state index contributed by atoms with van der Waals surface area (Å²) < 4.78 is 41.7. The normalized spacial score (nSPS) is 11.7. The number of rotatable bonds is 5. The van der Waals surface area contributed by atoms with E-state index >= 15 is 0 Å². The Morgan fingerprint density at radius 1 is 1.04 bits per heavy atom. The molecule has 0 spiro atoms. The maximum Gasteiger partial charge on any atom is 0.321 e. The quantitative estimate of drug-likeness (QED) is 0.627. The van der Waals surface area contributed by atoms with Gasteiger partial charge in [-0.25, -0.2) is 5.14 Å². The minimum absolute atomic E-state index is 0.295. The second-order valence-electron chi connectivity index (χ2n) is 4.52. The van der Waals surface area contributed by atoms with Crippen LogP contribution in [-0.4, -0.2) is 28.7 Å². The fourth-order valence-electron chi connectivity index (χ4n) is 1.82. The van der Waals surface area contributed by atoms with Gasteiger partial charge in [0.2, 0.25) is 0 Å². The Hall–Kier alpha value is -2.78. The first-order valence-corrected chi connectivity index (χ1v) is 8.26. The Balaban J connectivity index is 2.30. The molecular weight excluding hydrogens is 334 g/mol. The highest BCUT2D eigenvalue weighted by Gasteiger charge is 2.11. The van der Waals surface area contributed by atoms with Crippen molar-refractivity contribution in [1.29, 1.82) is 0 Å². The monoisotopic (exact) mass is 351 g/mol. The topological polar surface area (TPSA) is 112 Å². The smallest absolute Gasteiger partial charge is 0.321 e. The van der Waals surface area contributed by atoms with Gasteiger partial charge in [-0.15, -0.1) is 0 Å². The van der Waals surface area contributed by atoms with E-state index in [1.165, 1.54) is 14.2 Å². The molecule has 2 aromatic carbocycles. The standard InChI is InChI=1S/C15H17N3O5S/c1-21-13-9-8-11(10-14(13)22-2)17-15(18-24(16,19)20)23-12-6-4-3-5-7-12/h3-10H,1-2H3,(H,17,18)(H2,16,19,20). The summed E-state index contributed by atoms with van der Waals surface area (Å²) in [4.78, 5) is 0. The zero-order valence-electron chi connectivity index (χ0n) is 13.1. The molecule has 0 unspecified atom stereocenters. The number of benzene rings is 2. The highest BCUT2D eigenvalue weighted by molar-refractivity contribution is 7.88. The number of nitrogens with zero attached hydrogens (tertiary/aromatic N) is 1. The van der Waals surface area contributed by atoms with Crippen molar-refractivity contribution in [2.75, 3.05) is 19.5 Å². The summed E-state index contributed by atoms with van der Waals surface area (Å²) in [5.74, 6) is 1.38. The number of ether oxygens (including phenoxy) is 3. The predicted molar refractivity (Wildman–Crippen MR) is 90.8 cm³/mol. The molecule has 0 saturated heterocycles. The summed E-state index contributed by atoms with van der Waals surface area (Å²) in [6, 6.07) is 13.2. The zero-order chi connectivity index (χ0) is 17.6. The van der Waals surface area contributed by atoms with E-state index in [1.54, 1.807) is 48.5 Å². The maximum absolute atomic E-state index is 11.3. The van der Waals surface area contributed by atoms with Gasteiger partial charge < -0.3 is 19.5 Å². The summed E-state index contributed by atoms with van der Waals surface area (Å²) >= 11 is 0. The molecule has 3 N–H and O–H groups in total. The van der Waals surface area contributed by atoms with Gasteiger partial charge in [-0.3, -0.25) is 0 Å². The second kappa shape index (κ2) is 7.66. The Kier molecular flexibility index (Phi) is 5.61. The molecule has 2 aromatic rings. The molecule has 0 aliphatic carbocycles. The first kappa shape index (κ1) is 17.6. The van der Waals surface area contributed by atoms with E-state index in [4.69, 9.17) is 19.3 Å². The minimum Gasteiger partial charge on any atom is -0.493 e. The van der Waals surface area contributed by atoms with E-state index in [9.17, 15) is 8.42 Å². The van der Waals surface area contributed by atoms with Gasteiger partial charge in [-0.1, -0.05) is 22.6 Å². The molecule has 0 saturated carbocycles. The largest absolute Gasteiger partial charge is 0.493 e. The number of amidine groups is 1. The summed E-state index contributed by atoms with van der Waals surface area (Å²) in [5.41, 5.74) is 0.478. The Morgan fingerprint density at radius 3 is 2.29 bits per heavy atom. The van der Waals surface area contributed by atoms with E-state index in [2.05, 4.69) is 9.71 Å². The van der Waals surface area contributed by atoms with Gasteiger partial charge in [0.05, 0.1) is 14.2 Å². The van der Waals surface area contributed by atoms with Crippen LogP contribution in [0.5, 0.6) is 17.2 Å². The molecular formula is C15H17N3O5S. The number of nitrogens with one attached hydrogen (secondary N) is 1. The summed E-state index contributed by atoms with van der Waals surface area (Å²) in [7, 11) is -1.15. The molecule has 0 atom stereocenters. The lowest BCUT2D eigenvalue weighted by Gasteiger charge is -2.13. The third-order valence-corrected chi connectivity index (χ3v) is 3.22. The molecule has 2 rings (SSSR count). The van der Waals surface area contributed by atoms with Crippen LogP contribution in [0.25, 0.3) is 0 Å². The van der Waals surface area contributed by atoms with Gasteiger partial charge >= 0.3 is 16.2 Å². The number of hydrogen-bond donors (Lipinski definition) is 2. The molecule has 24 heavy (non-hydrogen) atoms. The Labute approximate surface area is 140 Å². The number of hydrogen-bond acceptors (Lipinski definition) is 5. The van der Waals surface area contributed by atoms with Crippen LogP contribution in [0.3, 0.4) is 0 Å². The van der Waals surface area contributed by atoms with E-state index in [1.807, 2.05) is 0 Å². The van der Waals surface area contributed by atoms with Crippen LogP contribution in [0.1, 0.15) is 0 Å². The van der Waals surface area contributed by atoms with Crippen LogP contribution in [0.2, 0.25) is 0 Å². The molecule has 0 amide bonds. The molecule has 0 aliphatic heterocycles. The van der Waals surface area contributed by atoms with Crippen LogP contribution < -0.4 is 24.7 Å². The van der Waals surface area contributed by atoms with Crippen molar-refractivity contribution in [3.8, 4) is 17.2 Å². The first-order valence-electron chi connectivity index (χ1n) is 6.76. The number of methoxy groups -OCH3 is 2. The van der Waals surface area contributed by atoms with Gasteiger partial charge in [-0.2, -0.15) is 8.42 Å². The van der Waals surface area contributed by atoms with E-state index in [0.717, 1.165) is 0 Å². The molecule has 9 heteroatoms. The molecule has 0 fully saturated rings. The van der Waals surface area contributed by atoms with Crippen LogP contribution >= 0.6 is 0 Å². The van der Waals surface area contributed by atoms with Crippen LogP contribution in [0.15, 0.2) is 52.9 Å². The summed E-state index contributed by atoms with van der Waals surface area (Å²) in [6.07, 6.45) is 0. The second-order valence-corrected chi connectivity index (χ2v) is 5.73. The van der Waals surface area contributed by atoms with Crippen molar-refractivity contribution in [2.45, 2.75) is 0 Å². The molecule has 0 radical (unpaired) electrons. The van der Waals surface area contributed by atoms with Gasteiger partial charge in [0.25, 0.3) is 0 Å². The van der Waals surface area contributed by atoms with Crippen molar-refractivity contribution in [2.24, 2.45) is 9.54 Å². The molecule has 0 aliphatic rings. The average molecular weight is 351 g/mol. The van der Waals surface area contributed by atoms with Gasteiger partial charge in [0.15, 0.2) is 11.5 Å². The lowest BCUT2D eigenvalue weighted by Crippen LogP contribution is -2.23. The van der Waals surface area contributed by atoms with Crippen LogP contribution in [0, 0.1) is 0 Å². The highest BCUT2D eigenvalue weighted by Crippen LogP contribution is 2.29. The fraction of sp³-hybridized carbons (Fsp3) is 0.133. The highest BCUT2D eigenvalue weighted by atomic mass is 32.2. The maximum atomic E-state index is 11.3. The van der Waals surface area contributed by atoms with E-state index in [-0.39, 0.29) is 6.02 Å². The third-order valence-electron chi connectivity index (χ3n) is 2.80. The van der Waals surface area contributed by atoms with Gasteiger partial charge in [0, 0.05) is 11.8 Å². The average Bonchev–Trinajstić information content (AvgIpc) is 2.54. The van der Waals surface area contributed by atoms with Crippen molar-refractivity contribution in [3.63, 3.8) is 0 Å². The SMILES string of the molecule is COc1ccc(N/C(=N\S(N)(=O)=O)Oc2ccccc2)cc1OC. The summed E-state index contributed by atoms with van der Waals surface area (Å²) in [5, 5.41) is 7.71. The number of anilines is 1. The van der Waals surface area contributed by atoms with Crippen LogP contribution in [0.4, 0.5) is 5.69 Å². The fourth-order valence-corrected chi connectivity index (χ4v) is 2.13. The zero-order valence-corrected chi connectivity index (χ0v) is 13.9. The molecule has 0 heterocycles. The molecule has 128 valence electrons. The van der Waals surface area contributed by atoms with Crippen molar-refractivity contribution in [1.82, 2.24) is 0 Å². The van der Waals surface area contributed by atoms with Crippen molar-refractivity contribution in [3.05, 3.63) is 48.5 Å². The Morgan fingerprint density at radius 2 is 1.71 bits per heavy atom. The number of nitrogens with two attached hydrogens (primary N) is 1. The lowest BCUT2D eigenvalue weighted by molar-refractivity contribution is 0.355. The third kappa shape index (κ3) is 5.14. The Bertz CT molecular complexity index is 822. The first-order chi connectivity index (χ1) is 11.4. The van der Waals surface area contributed by atoms with Gasteiger partial charge in [0.1, 0.15) is 5.75 Å². The van der Waals surface area contributed by atoms with E-state index < -0.39 is 10.2 Å². The molecule has 0 aromatic heterocycles. The molecule has 8 nitrogen and oxygen atoms in total. The predicted octanol–water partition coefficient (Wildman–Crippen LogP) is 1.75. The van der Waals surface area contributed by atoms with Crippen molar-refractivity contribution < 1.29 is 22.6 Å². The van der Waals surface area contributed by atoms with E-state index in [0.29, 0.717) is 22.9 Å². The lowest BCUT2D eigenvalue weighted by atomic mass is 10.3. The van der Waals surface area contributed by atoms with Crippen molar-refractivity contribution >= 4 is 21.9 Å². The molecule has 0 bridgehead atoms. The summed E-state index contributed by atoms with van der Waals surface area (Å²) in [6.45, 7) is 0.